The van der Waals surface area contributed by atoms with E-state index < -0.39 is 10.0 Å². The van der Waals surface area contributed by atoms with E-state index in [0.29, 0.717) is 13.0 Å². The molecular weight excluding hydrogens is 542 g/mol. The molecule has 42 heavy (non-hydrogen) atoms. The predicted molar refractivity (Wildman–Crippen MR) is 172 cm³/mol. The van der Waals surface area contributed by atoms with Crippen molar-refractivity contribution in [1.29, 1.82) is 0 Å². The Balaban J connectivity index is 1.17. The number of hydrogen-bond donors (Lipinski definition) is 0. The molecule has 2 aliphatic heterocycles. The zero-order chi connectivity index (χ0) is 29.9. The number of anilines is 1. The Morgan fingerprint density at radius 2 is 1.62 bits per heavy atom. The molecule has 2 fully saturated rings. The number of allylic oxidation sites excluding steroid dienone is 2. The molecule has 0 saturated carbocycles. The van der Waals surface area contributed by atoms with Crippen molar-refractivity contribution in [1.82, 2.24) is 9.21 Å². The molecule has 2 atom stereocenters. The van der Waals surface area contributed by atoms with Gasteiger partial charge in [0, 0.05) is 62.6 Å². The van der Waals surface area contributed by atoms with E-state index in [9.17, 15) is 13.2 Å². The average molecular weight is 592 g/mol. The van der Waals surface area contributed by atoms with Gasteiger partial charge in [0.25, 0.3) is 0 Å². The Hall–Kier alpha value is -2.64. The minimum Gasteiger partial charge on any atom is -0.371 e. The summed E-state index contributed by atoms with van der Waals surface area (Å²) >= 11 is 0. The number of hydrogen-bond acceptors (Lipinski definition) is 5. The zero-order valence-electron chi connectivity index (χ0n) is 26.0. The van der Waals surface area contributed by atoms with Crippen molar-refractivity contribution in [2.75, 3.05) is 31.1 Å². The smallest absolute Gasteiger partial charge is 0.217 e. The molecule has 0 amide bonds. The number of nitrogens with zero attached hydrogens (tertiary/aromatic N) is 3. The van der Waals surface area contributed by atoms with E-state index in [-0.39, 0.29) is 22.5 Å². The van der Waals surface area contributed by atoms with Crippen LogP contribution in [0.25, 0.3) is 0 Å². The fourth-order valence-corrected chi connectivity index (χ4v) is 9.24. The molecule has 2 saturated heterocycles. The van der Waals surface area contributed by atoms with Crippen LogP contribution in [0, 0.1) is 12.3 Å². The van der Waals surface area contributed by atoms with Crippen LogP contribution in [0.4, 0.5) is 5.69 Å². The van der Waals surface area contributed by atoms with Gasteiger partial charge in [-0.05, 0) is 86.6 Å². The van der Waals surface area contributed by atoms with Crippen LogP contribution in [0.2, 0.25) is 0 Å². The fourth-order valence-electron chi connectivity index (χ4n) is 7.04. The molecule has 0 bridgehead atoms. The third-order valence-corrected chi connectivity index (χ3v) is 12.0. The monoisotopic (exact) mass is 591 g/mol. The second-order valence-corrected chi connectivity index (χ2v) is 15.7. The summed E-state index contributed by atoms with van der Waals surface area (Å²) in [4.78, 5) is 17.1. The molecule has 2 unspecified atom stereocenters. The molecule has 0 aromatic heterocycles. The lowest BCUT2D eigenvalue weighted by Crippen LogP contribution is -2.48. The Labute approximate surface area is 253 Å². The third-order valence-electron chi connectivity index (χ3n) is 9.57. The maximum atomic E-state index is 13.7. The molecule has 6 nitrogen and oxygen atoms in total. The van der Waals surface area contributed by atoms with Gasteiger partial charge in [0.2, 0.25) is 10.0 Å². The Morgan fingerprint density at radius 1 is 0.905 bits per heavy atom. The van der Waals surface area contributed by atoms with Crippen molar-refractivity contribution in [2.45, 2.75) is 96.9 Å². The van der Waals surface area contributed by atoms with Crippen molar-refractivity contribution >= 4 is 21.5 Å². The van der Waals surface area contributed by atoms with Gasteiger partial charge in [0.15, 0.2) is 5.78 Å². The van der Waals surface area contributed by atoms with Crippen LogP contribution in [0.3, 0.4) is 0 Å². The first-order valence-corrected chi connectivity index (χ1v) is 17.4. The second kappa shape index (κ2) is 12.9. The predicted octanol–water partition coefficient (Wildman–Crippen LogP) is 6.49. The van der Waals surface area contributed by atoms with Gasteiger partial charge in [-0.2, -0.15) is 4.31 Å². The largest absolute Gasteiger partial charge is 0.371 e. The van der Waals surface area contributed by atoms with Crippen molar-refractivity contribution in [3.05, 3.63) is 77.0 Å². The van der Waals surface area contributed by atoms with Gasteiger partial charge in [-0.25, -0.2) is 8.42 Å². The summed E-state index contributed by atoms with van der Waals surface area (Å²) < 4.78 is 29.2. The fraction of sp³-hybridized carbons (Fsp3) is 0.571. The number of benzene rings is 2. The first kappa shape index (κ1) is 30.8. The van der Waals surface area contributed by atoms with Gasteiger partial charge >= 0.3 is 0 Å². The molecule has 5 rings (SSSR count). The topological polar surface area (TPSA) is 60.9 Å². The van der Waals surface area contributed by atoms with Gasteiger partial charge in [-0.3, -0.25) is 4.79 Å². The van der Waals surface area contributed by atoms with Gasteiger partial charge in [-0.15, -0.1) is 0 Å². The zero-order valence-corrected chi connectivity index (χ0v) is 26.8. The van der Waals surface area contributed by atoms with Crippen molar-refractivity contribution in [3.63, 3.8) is 0 Å². The summed E-state index contributed by atoms with van der Waals surface area (Å²) in [7, 11) is -3.35. The highest BCUT2D eigenvalue weighted by atomic mass is 32.2. The van der Waals surface area contributed by atoms with Gasteiger partial charge < -0.3 is 9.80 Å². The SMILES string of the molecule is Cc1cc(N2CCN(C3=CC(=O)CC(C)(C)C3)CC2)ccc1CN1C(C)CCC(CCCCc2ccccc2)S1(=O)=O. The maximum Gasteiger partial charge on any atom is 0.217 e. The summed E-state index contributed by atoms with van der Waals surface area (Å²) in [6.07, 6.45) is 8.84. The summed E-state index contributed by atoms with van der Waals surface area (Å²) in [5, 5.41) is -0.277. The molecule has 7 heteroatoms. The number of carbonyl (C=O) groups is 1. The van der Waals surface area contributed by atoms with Gasteiger partial charge in [0.1, 0.15) is 0 Å². The van der Waals surface area contributed by atoms with E-state index in [1.165, 1.54) is 16.9 Å². The number of ketones is 1. The lowest BCUT2D eigenvalue weighted by Gasteiger charge is -2.41. The van der Waals surface area contributed by atoms with Crippen LogP contribution in [-0.4, -0.2) is 60.9 Å². The third kappa shape index (κ3) is 7.28. The highest BCUT2D eigenvalue weighted by Crippen LogP contribution is 2.36. The number of rotatable bonds is 9. The summed E-state index contributed by atoms with van der Waals surface area (Å²) in [5.41, 5.74) is 5.97. The summed E-state index contributed by atoms with van der Waals surface area (Å²) in [5.74, 6) is 0.245. The molecule has 228 valence electrons. The lowest BCUT2D eigenvalue weighted by atomic mass is 9.78. The van der Waals surface area contributed by atoms with E-state index in [0.717, 1.165) is 82.3 Å². The highest BCUT2D eigenvalue weighted by molar-refractivity contribution is 7.89. The molecule has 0 N–H and O–H groups in total. The van der Waals surface area contributed by atoms with E-state index >= 15 is 0 Å². The quantitative estimate of drug-likeness (QED) is 0.312. The molecule has 0 radical (unpaired) electrons. The minimum absolute atomic E-state index is 0.0219. The molecule has 2 aromatic carbocycles. The first-order valence-electron chi connectivity index (χ1n) is 15.9. The number of carbonyl (C=O) groups excluding carboxylic acids is 1. The normalized spacial score (nSPS) is 24.5. The van der Waals surface area contributed by atoms with Gasteiger partial charge in [-0.1, -0.05) is 56.7 Å². The second-order valence-electron chi connectivity index (χ2n) is 13.6. The van der Waals surface area contributed by atoms with Crippen LogP contribution in [0.5, 0.6) is 0 Å². The molecule has 0 spiro atoms. The average Bonchev–Trinajstić information content (AvgIpc) is 2.94. The summed E-state index contributed by atoms with van der Waals surface area (Å²) in [6.45, 7) is 12.6. The molecule has 3 aliphatic rings. The van der Waals surface area contributed by atoms with E-state index in [2.05, 4.69) is 80.0 Å². The van der Waals surface area contributed by atoms with Crippen LogP contribution in [0.15, 0.2) is 60.3 Å². The number of piperazine rings is 1. The summed E-state index contributed by atoms with van der Waals surface area (Å²) in [6, 6.07) is 17.0. The van der Waals surface area contributed by atoms with Crippen LogP contribution >= 0.6 is 0 Å². The number of unbranched alkanes of at least 4 members (excludes halogenated alkanes) is 1. The maximum absolute atomic E-state index is 13.7. The van der Waals surface area contributed by atoms with Crippen LogP contribution < -0.4 is 4.90 Å². The van der Waals surface area contributed by atoms with Crippen LogP contribution in [0.1, 0.15) is 82.4 Å². The first-order chi connectivity index (χ1) is 20.0. The Kier molecular flexibility index (Phi) is 9.48. The molecule has 2 aromatic rings. The molecule has 2 heterocycles. The molecular formula is C35H49N3O3S. The van der Waals surface area contributed by atoms with Crippen molar-refractivity contribution < 1.29 is 13.2 Å². The molecule has 1 aliphatic carbocycles. The van der Waals surface area contributed by atoms with Crippen LogP contribution in [-0.2, 0) is 27.8 Å². The Morgan fingerprint density at radius 3 is 2.31 bits per heavy atom. The minimum atomic E-state index is -3.35. The standard InChI is InChI=1S/C35H49N3O3S/c1-27-22-31(36-18-20-37(21-19-36)32-23-33(39)25-35(3,4)24-32)16-15-30(27)26-38-28(2)14-17-34(42(38,40)41)13-9-8-12-29-10-6-5-7-11-29/h5-7,10-11,15-16,22-23,28,34H,8-9,12-14,17-21,24-26H2,1-4H3. The Bertz CT molecular complexity index is 1380. The van der Waals surface area contributed by atoms with E-state index in [4.69, 9.17) is 0 Å². The van der Waals surface area contributed by atoms with E-state index in [1.807, 2.05) is 12.1 Å². The number of sulfonamides is 1. The van der Waals surface area contributed by atoms with Gasteiger partial charge in [0.05, 0.1) is 5.25 Å². The lowest BCUT2D eigenvalue weighted by molar-refractivity contribution is -0.117. The highest BCUT2D eigenvalue weighted by Gasteiger charge is 2.39. The number of aryl methyl sites for hydroxylation is 2. The van der Waals surface area contributed by atoms with Crippen molar-refractivity contribution in [2.24, 2.45) is 5.41 Å². The van der Waals surface area contributed by atoms with Crippen molar-refractivity contribution in [3.8, 4) is 0 Å². The van der Waals surface area contributed by atoms with E-state index in [1.54, 1.807) is 4.31 Å².